The number of carbonyl (C=O) groups is 2. The van der Waals surface area contributed by atoms with Crippen LogP contribution in [0.25, 0.3) is 5.65 Å². The second-order valence-corrected chi connectivity index (χ2v) is 7.46. The average molecular weight is 395 g/mol. The molecule has 1 fully saturated rings. The zero-order valence-electron chi connectivity index (χ0n) is 15.8. The van der Waals surface area contributed by atoms with Gasteiger partial charge in [0.2, 0.25) is 0 Å². The van der Waals surface area contributed by atoms with Crippen LogP contribution in [-0.4, -0.2) is 32.3 Å². The van der Waals surface area contributed by atoms with Gasteiger partial charge in [0, 0.05) is 18.2 Å². The number of hydrogen-bond acceptors (Lipinski definition) is 4. The number of aliphatic hydroxyl groups is 1. The molecule has 2 N–H and O–H groups in total. The Bertz CT molecular complexity index is 1060. The van der Waals surface area contributed by atoms with Crippen LogP contribution in [0, 0.1) is 11.7 Å². The van der Waals surface area contributed by atoms with Gasteiger partial charge in [0.1, 0.15) is 17.2 Å². The summed E-state index contributed by atoms with van der Waals surface area (Å²) in [5, 5.41) is 12.6. The van der Waals surface area contributed by atoms with E-state index in [1.54, 1.807) is 22.7 Å². The number of amides is 1. The standard InChI is InChI=1S/C22H22FN3O3/c23-16-9-8-15(20(28)12-14-5-1-2-6-19(14)27)11-17(16)25-22(29)18-13-24-21-7-3-4-10-26(18)21/h3-4,7-11,13-14,19,27H,1-2,5-6,12H2,(H,25,29)/t14-,19+/m1/s1. The second-order valence-electron chi connectivity index (χ2n) is 7.46. The topological polar surface area (TPSA) is 83.7 Å². The first-order valence-electron chi connectivity index (χ1n) is 9.77. The number of halogens is 1. The Kier molecular flexibility index (Phi) is 5.40. The van der Waals surface area contributed by atoms with Crippen LogP contribution in [0.2, 0.25) is 0 Å². The van der Waals surface area contributed by atoms with Crippen molar-refractivity contribution in [1.29, 1.82) is 0 Å². The van der Waals surface area contributed by atoms with E-state index in [4.69, 9.17) is 0 Å². The summed E-state index contributed by atoms with van der Waals surface area (Å²) in [6.45, 7) is 0. The number of hydrogen-bond donors (Lipinski definition) is 2. The molecule has 1 aliphatic carbocycles. The number of Topliss-reactive ketones (excluding diaryl/α,β-unsaturated/α-hetero) is 1. The molecule has 7 heteroatoms. The van der Waals surface area contributed by atoms with Crippen LogP contribution in [0.3, 0.4) is 0 Å². The Morgan fingerprint density at radius 1 is 1.21 bits per heavy atom. The van der Waals surface area contributed by atoms with Crippen LogP contribution in [0.4, 0.5) is 10.1 Å². The van der Waals surface area contributed by atoms with E-state index in [0.29, 0.717) is 17.6 Å². The molecule has 0 unspecified atom stereocenters. The van der Waals surface area contributed by atoms with Gasteiger partial charge in [-0.2, -0.15) is 0 Å². The van der Waals surface area contributed by atoms with E-state index < -0.39 is 17.8 Å². The molecule has 150 valence electrons. The first-order chi connectivity index (χ1) is 14.0. The first-order valence-corrected chi connectivity index (χ1v) is 9.77. The van der Waals surface area contributed by atoms with Crippen LogP contribution in [0.15, 0.2) is 48.8 Å². The number of benzene rings is 1. The van der Waals surface area contributed by atoms with Gasteiger partial charge >= 0.3 is 0 Å². The minimum absolute atomic E-state index is 0.0593. The van der Waals surface area contributed by atoms with Gasteiger partial charge in [0.05, 0.1) is 18.0 Å². The SMILES string of the molecule is O=C(C[C@H]1CCCC[C@@H]1O)c1ccc(F)c(NC(=O)c2cnc3ccccn23)c1. The number of aromatic nitrogens is 2. The fourth-order valence-electron chi connectivity index (χ4n) is 3.86. The zero-order chi connectivity index (χ0) is 20.4. The lowest BCUT2D eigenvalue weighted by atomic mass is 9.82. The summed E-state index contributed by atoms with van der Waals surface area (Å²) in [6.07, 6.45) is 6.36. The van der Waals surface area contributed by atoms with Crippen molar-refractivity contribution in [2.75, 3.05) is 5.32 Å². The largest absolute Gasteiger partial charge is 0.393 e. The highest BCUT2D eigenvalue weighted by molar-refractivity contribution is 6.04. The molecule has 1 aromatic carbocycles. The fourth-order valence-corrected chi connectivity index (χ4v) is 3.86. The summed E-state index contributed by atoms with van der Waals surface area (Å²) in [5.41, 5.74) is 1.13. The maximum atomic E-state index is 14.3. The fraction of sp³-hybridized carbons (Fsp3) is 0.318. The van der Waals surface area contributed by atoms with E-state index in [0.717, 1.165) is 19.3 Å². The van der Waals surface area contributed by atoms with Crippen molar-refractivity contribution in [2.45, 2.75) is 38.2 Å². The molecule has 4 rings (SSSR count). The highest BCUT2D eigenvalue weighted by Crippen LogP contribution is 2.29. The van der Waals surface area contributed by atoms with Gasteiger partial charge in [-0.25, -0.2) is 9.37 Å². The molecule has 0 saturated heterocycles. The molecule has 2 atom stereocenters. The number of pyridine rings is 1. The molecule has 0 aliphatic heterocycles. The number of nitrogens with zero attached hydrogens (tertiary/aromatic N) is 2. The van der Waals surface area contributed by atoms with Crippen molar-refractivity contribution >= 4 is 23.0 Å². The number of anilines is 1. The van der Waals surface area contributed by atoms with E-state index in [9.17, 15) is 19.1 Å². The lowest BCUT2D eigenvalue weighted by molar-refractivity contribution is 0.0583. The normalized spacial score (nSPS) is 19.2. The third-order valence-electron chi connectivity index (χ3n) is 5.50. The predicted octanol–water partition coefficient (Wildman–Crippen LogP) is 3.85. The highest BCUT2D eigenvalue weighted by atomic mass is 19.1. The van der Waals surface area contributed by atoms with Crippen LogP contribution in [0.5, 0.6) is 0 Å². The third kappa shape index (κ3) is 4.05. The number of carbonyl (C=O) groups excluding carboxylic acids is 2. The Balaban J connectivity index is 1.52. The number of fused-ring (bicyclic) bond motifs is 1. The van der Waals surface area contributed by atoms with Gasteiger partial charge in [-0.3, -0.25) is 14.0 Å². The number of imidazole rings is 1. The van der Waals surface area contributed by atoms with E-state index >= 15 is 0 Å². The molecule has 29 heavy (non-hydrogen) atoms. The molecule has 0 spiro atoms. The van der Waals surface area contributed by atoms with Crippen molar-refractivity contribution < 1.29 is 19.1 Å². The summed E-state index contributed by atoms with van der Waals surface area (Å²) >= 11 is 0. The van der Waals surface area contributed by atoms with Gasteiger partial charge in [-0.1, -0.05) is 18.9 Å². The van der Waals surface area contributed by atoms with Crippen molar-refractivity contribution in [2.24, 2.45) is 5.92 Å². The summed E-state index contributed by atoms with van der Waals surface area (Å²) < 4.78 is 15.9. The molecular weight excluding hydrogens is 373 g/mol. The summed E-state index contributed by atoms with van der Waals surface area (Å²) in [6, 6.07) is 9.28. The molecule has 1 aliphatic rings. The lowest BCUT2D eigenvalue weighted by Gasteiger charge is -2.26. The number of nitrogens with one attached hydrogen (secondary N) is 1. The van der Waals surface area contributed by atoms with Gasteiger partial charge in [-0.05, 0) is 49.1 Å². The maximum absolute atomic E-state index is 14.3. The minimum atomic E-state index is -0.624. The van der Waals surface area contributed by atoms with Crippen molar-refractivity contribution in [3.05, 3.63) is 65.9 Å². The number of aliphatic hydroxyl groups excluding tert-OH is 1. The Labute approximate surface area is 167 Å². The number of rotatable bonds is 5. The first kappa shape index (κ1) is 19.3. The van der Waals surface area contributed by atoms with Gasteiger partial charge < -0.3 is 10.4 Å². The Morgan fingerprint density at radius 2 is 2.03 bits per heavy atom. The molecule has 1 saturated carbocycles. The lowest BCUT2D eigenvalue weighted by Crippen LogP contribution is -2.26. The molecule has 0 bridgehead atoms. The molecule has 3 aromatic rings. The smallest absolute Gasteiger partial charge is 0.274 e. The molecule has 0 radical (unpaired) electrons. The number of ketones is 1. The maximum Gasteiger partial charge on any atom is 0.274 e. The predicted molar refractivity (Wildman–Crippen MR) is 106 cm³/mol. The average Bonchev–Trinajstić information content (AvgIpc) is 3.15. The monoisotopic (exact) mass is 395 g/mol. The molecule has 6 nitrogen and oxygen atoms in total. The molecular formula is C22H22FN3O3. The van der Waals surface area contributed by atoms with E-state index in [1.165, 1.54) is 24.4 Å². The van der Waals surface area contributed by atoms with Crippen LogP contribution >= 0.6 is 0 Å². The van der Waals surface area contributed by atoms with Gasteiger partial charge in [-0.15, -0.1) is 0 Å². The summed E-state index contributed by atoms with van der Waals surface area (Å²) in [7, 11) is 0. The van der Waals surface area contributed by atoms with Gasteiger partial charge in [0.25, 0.3) is 5.91 Å². The summed E-state index contributed by atoms with van der Waals surface area (Å²) in [5.74, 6) is -1.38. The highest BCUT2D eigenvalue weighted by Gasteiger charge is 2.26. The van der Waals surface area contributed by atoms with Crippen molar-refractivity contribution in [3.8, 4) is 0 Å². The van der Waals surface area contributed by atoms with Crippen LogP contribution in [0.1, 0.15) is 53.0 Å². The van der Waals surface area contributed by atoms with E-state index in [-0.39, 0.29) is 29.5 Å². The van der Waals surface area contributed by atoms with Crippen LogP contribution in [-0.2, 0) is 0 Å². The van der Waals surface area contributed by atoms with Crippen LogP contribution < -0.4 is 5.32 Å². The van der Waals surface area contributed by atoms with Crippen molar-refractivity contribution in [1.82, 2.24) is 9.38 Å². The summed E-state index contributed by atoms with van der Waals surface area (Å²) in [4.78, 5) is 29.4. The zero-order valence-corrected chi connectivity index (χ0v) is 15.8. The van der Waals surface area contributed by atoms with E-state index in [2.05, 4.69) is 10.3 Å². The Hall–Kier alpha value is -3.06. The minimum Gasteiger partial charge on any atom is -0.393 e. The Morgan fingerprint density at radius 3 is 2.86 bits per heavy atom. The van der Waals surface area contributed by atoms with Gasteiger partial charge in [0.15, 0.2) is 5.78 Å². The van der Waals surface area contributed by atoms with E-state index in [1.807, 2.05) is 6.07 Å². The third-order valence-corrected chi connectivity index (χ3v) is 5.50. The molecule has 2 heterocycles. The van der Waals surface area contributed by atoms with Crippen molar-refractivity contribution in [3.63, 3.8) is 0 Å². The second kappa shape index (κ2) is 8.13. The molecule has 2 aromatic heterocycles. The molecule has 1 amide bonds. The quantitative estimate of drug-likeness (QED) is 0.643.